The fourth-order valence-electron chi connectivity index (χ4n) is 5.85. The predicted octanol–water partition coefficient (Wildman–Crippen LogP) is 2.14. The molecule has 4 rings (SSSR count). The minimum atomic E-state index is -4.20. The molecule has 7 unspecified atom stereocenters. The van der Waals surface area contributed by atoms with Crippen LogP contribution >= 0.6 is 0 Å². The largest absolute Gasteiger partial charge is 0.401 e. The highest BCUT2D eigenvalue weighted by Crippen LogP contribution is 2.42. The van der Waals surface area contributed by atoms with E-state index in [2.05, 4.69) is 39.3 Å². The quantitative estimate of drug-likeness (QED) is 0.487. The molecule has 6 nitrogen and oxygen atoms in total. The minimum Gasteiger partial charge on any atom is -0.377 e. The van der Waals surface area contributed by atoms with Crippen molar-refractivity contribution in [2.24, 2.45) is 11.8 Å². The zero-order valence-corrected chi connectivity index (χ0v) is 18.7. The van der Waals surface area contributed by atoms with Gasteiger partial charge in [-0.3, -0.25) is 21.3 Å². The fourth-order valence-corrected chi connectivity index (χ4v) is 5.85. The molecule has 0 aromatic heterocycles. The molecule has 178 valence electrons. The summed E-state index contributed by atoms with van der Waals surface area (Å²) in [7, 11) is 2.17. The maximum atomic E-state index is 12.6. The summed E-state index contributed by atoms with van der Waals surface area (Å²) >= 11 is 0. The highest BCUT2D eigenvalue weighted by atomic mass is 19.4. The van der Waals surface area contributed by atoms with Gasteiger partial charge in [-0.05, 0) is 65.0 Å². The number of hydrogen-bond donors (Lipinski definition) is 4. The van der Waals surface area contributed by atoms with Crippen LogP contribution in [0.15, 0.2) is 11.6 Å². The van der Waals surface area contributed by atoms with E-state index in [0.717, 1.165) is 45.4 Å². The van der Waals surface area contributed by atoms with Gasteiger partial charge in [0, 0.05) is 31.2 Å². The number of ether oxygens (including phenoxy) is 1. The lowest BCUT2D eigenvalue weighted by molar-refractivity contribution is -0.127. The van der Waals surface area contributed by atoms with E-state index in [1.807, 2.05) is 6.92 Å². The summed E-state index contributed by atoms with van der Waals surface area (Å²) in [4.78, 5) is 2.36. The Balaban J connectivity index is 1.38. The van der Waals surface area contributed by atoms with Gasteiger partial charge in [0.2, 0.25) is 0 Å². The van der Waals surface area contributed by atoms with Crippen LogP contribution in [-0.4, -0.2) is 75.0 Å². The number of likely N-dealkylation sites (N-methyl/N-ethyl adjacent to an activating group) is 1. The molecule has 9 heteroatoms. The molecule has 3 fully saturated rings. The highest BCUT2D eigenvalue weighted by Gasteiger charge is 2.43. The smallest absolute Gasteiger partial charge is 0.377 e. The molecule has 31 heavy (non-hydrogen) atoms. The van der Waals surface area contributed by atoms with Crippen LogP contribution < -0.4 is 21.3 Å². The Bertz CT molecular complexity index is 631. The van der Waals surface area contributed by atoms with E-state index in [0.29, 0.717) is 30.4 Å². The Kier molecular flexibility index (Phi) is 7.60. The van der Waals surface area contributed by atoms with Gasteiger partial charge in [0.1, 0.15) is 6.29 Å². The van der Waals surface area contributed by atoms with Gasteiger partial charge in [-0.1, -0.05) is 11.6 Å². The zero-order chi connectivity index (χ0) is 22.0. The number of hydrogen-bond acceptors (Lipinski definition) is 6. The van der Waals surface area contributed by atoms with E-state index >= 15 is 0 Å². The molecule has 4 aliphatic rings. The summed E-state index contributed by atoms with van der Waals surface area (Å²) in [5, 5.41) is 13.1. The predicted molar refractivity (Wildman–Crippen MR) is 114 cm³/mol. The van der Waals surface area contributed by atoms with E-state index in [9.17, 15) is 13.2 Å². The second-order valence-corrected chi connectivity index (χ2v) is 9.92. The second-order valence-electron chi connectivity index (χ2n) is 9.92. The number of nitrogens with one attached hydrogen (secondary N) is 4. The van der Waals surface area contributed by atoms with Crippen molar-refractivity contribution in [2.75, 3.05) is 33.3 Å². The molecule has 4 N–H and O–H groups in total. The summed E-state index contributed by atoms with van der Waals surface area (Å²) in [6, 6.07) is 0.444. The second kappa shape index (κ2) is 10.1. The Labute approximate surface area is 183 Å². The maximum Gasteiger partial charge on any atom is 0.401 e. The van der Waals surface area contributed by atoms with Gasteiger partial charge in [-0.25, -0.2) is 0 Å². The first-order valence-corrected chi connectivity index (χ1v) is 11.8. The van der Waals surface area contributed by atoms with Crippen LogP contribution in [0, 0.1) is 11.8 Å². The Hall–Kier alpha value is -0.710. The van der Waals surface area contributed by atoms with Crippen LogP contribution in [0.3, 0.4) is 0 Å². The lowest BCUT2D eigenvalue weighted by Gasteiger charge is -2.43. The van der Waals surface area contributed by atoms with Crippen molar-refractivity contribution in [3.63, 3.8) is 0 Å². The lowest BCUT2D eigenvalue weighted by atomic mass is 9.72. The standard InChI is InChI=1S/C22H38F3N5O/c1-14-10-19(26-13-22(23,24)25)29-21(27-14)28-17-11-16-6-9-31-20(16)18(12-17)15-4-3-7-30(2)8-5-15/h5,14,16-21,26-29H,3-4,6-13H2,1-2H3. The van der Waals surface area contributed by atoms with Gasteiger partial charge >= 0.3 is 6.18 Å². The molecular weight excluding hydrogens is 407 g/mol. The minimum absolute atomic E-state index is 0.131. The molecule has 0 bridgehead atoms. The average molecular weight is 446 g/mol. The van der Waals surface area contributed by atoms with E-state index in [1.165, 1.54) is 12.0 Å². The highest BCUT2D eigenvalue weighted by molar-refractivity contribution is 5.15. The molecule has 1 aliphatic carbocycles. The van der Waals surface area contributed by atoms with Gasteiger partial charge < -0.3 is 9.64 Å². The van der Waals surface area contributed by atoms with Crippen LogP contribution in [0.1, 0.15) is 45.4 Å². The first kappa shape index (κ1) is 23.4. The Morgan fingerprint density at radius 1 is 1.23 bits per heavy atom. The van der Waals surface area contributed by atoms with Crippen molar-refractivity contribution < 1.29 is 17.9 Å². The Morgan fingerprint density at radius 3 is 2.87 bits per heavy atom. The molecule has 3 heterocycles. The molecule has 0 amide bonds. The van der Waals surface area contributed by atoms with Crippen LogP contribution in [0.4, 0.5) is 13.2 Å². The molecule has 2 saturated heterocycles. The van der Waals surface area contributed by atoms with Crippen molar-refractivity contribution in [2.45, 2.75) is 82.3 Å². The first-order chi connectivity index (χ1) is 14.8. The lowest BCUT2D eigenvalue weighted by Crippen LogP contribution is -2.68. The number of nitrogens with zero attached hydrogens (tertiary/aromatic N) is 1. The van der Waals surface area contributed by atoms with Gasteiger partial charge in [0.15, 0.2) is 0 Å². The summed E-state index contributed by atoms with van der Waals surface area (Å²) < 4.78 is 44.1. The number of alkyl halides is 3. The molecule has 0 radical (unpaired) electrons. The molecular formula is C22H38F3N5O. The normalized spacial score (nSPS) is 40.3. The zero-order valence-electron chi connectivity index (χ0n) is 18.7. The first-order valence-electron chi connectivity index (χ1n) is 11.8. The number of rotatable bonds is 5. The van der Waals surface area contributed by atoms with Crippen molar-refractivity contribution in [3.05, 3.63) is 11.6 Å². The van der Waals surface area contributed by atoms with Crippen LogP contribution in [-0.2, 0) is 4.74 Å². The van der Waals surface area contributed by atoms with Gasteiger partial charge in [0.25, 0.3) is 0 Å². The van der Waals surface area contributed by atoms with E-state index in [4.69, 9.17) is 4.74 Å². The monoisotopic (exact) mass is 445 g/mol. The summed E-state index contributed by atoms with van der Waals surface area (Å²) in [6.07, 6.45) is 4.08. The van der Waals surface area contributed by atoms with E-state index < -0.39 is 12.7 Å². The maximum absolute atomic E-state index is 12.6. The van der Waals surface area contributed by atoms with E-state index in [1.54, 1.807) is 0 Å². The summed E-state index contributed by atoms with van der Waals surface area (Å²) in [5.74, 6) is 0.990. The van der Waals surface area contributed by atoms with Crippen molar-refractivity contribution >= 4 is 0 Å². The van der Waals surface area contributed by atoms with Gasteiger partial charge in [-0.15, -0.1) is 0 Å². The van der Waals surface area contributed by atoms with E-state index in [-0.39, 0.29) is 18.5 Å². The number of halogens is 3. The molecule has 1 saturated carbocycles. The molecule has 7 atom stereocenters. The third kappa shape index (κ3) is 6.42. The van der Waals surface area contributed by atoms with Gasteiger partial charge in [-0.2, -0.15) is 13.2 Å². The van der Waals surface area contributed by atoms with Crippen LogP contribution in [0.5, 0.6) is 0 Å². The molecule has 0 spiro atoms. The number of fused-ring (bicyclic) bond motifs is 1. The van der Waals surface area contributed by atoms with Crippen molar-refractivity contribution in [1.29, 1.82) is 0 Å². The molecule has 0 aromatic carbocycles. The van der Waals surface area contributed by atoms with Crippen molar-refractivity contribution in [3.8, 4) is 0 Å². The average Bonchev–Trinajstić information content (AvgIpc) is 3.05. The summed E-state index contributed by atoms with van der Waals surface area (Å²) in [5.41, 5.74) is 1.54. The fraction of sp³-hybridized carbons (Fsp3) is 0.909. The third-order valence-electron chi connectivity index (χ3n) is 7.29. The summed E-state index contributed by atoms with van der Waals surface area (Å²) in [6.45, 7) is 4.02. The third-order valence-corrected chi connectivity index (χ3v) is 7.29. The topological polar surface area (TPSA) is 60.6 Å². The molecule has 0 aromatic rings. The molecule has 3 aliphatic heterocycles. The van der Waals surface area contributed by atoms with Gasteiger partial charge in [0.05, 0.1) is 18.8 Å². The Morgan fingerprint density at radius 2 is 2.06 bits per heavy atom. The van der Waals surface area contributed by atoms with Crippen molar-refractivity contribution in [1.82, 2.24) is 26.2 Å². The van der Waals surface area contributed by atoms with Crippen LogP contribution in [0.2, 0.25) is 0 Å². The van der Waals surface area contributed by atoms with Crippen LogP contribution in [0.25, 0.3) is 0 Å². The SMILES string of the molecule is CC1CC(NCC(F)(F)F)NC(NC2CC3CCOC3C(C3=CCN(C)CCC3)C2)N1.